The molecule has 1 aromatic carbocycles. The number of halogens is 2. The Labute approximate surface area is 108 Å². The molecule has 1 heterocycles. The number of nitrogens with one attached hydrogen (secondary N) is 1. The van der Waals surface area contributed by atoms with Crippen LogP contribution in [-0.4, -0.2) is 35.7 Å². The van der Waals surface area contributed by atoms with Crippen LogP contribution in [0, 0.1) is 11.6 Å². The molecule has 1 aromatic rings. The zero-order valence-electron chi connectivity index (χ0n) is 10.2. The highest BCUT2D eigenvalue weighted by atomic mass is 19.1. The lowest BCUT2D eigenvalue weighted by molar-refractivity contribution is -0.124. The molecule has 1 saturated heterocycles. The first-order chi connectivity index (χ1) is 8.93. The molecular weight excluding hydrogens is 256 g/mol. The highest BCUT2D eigenvalue weighted by Crippen LogP contribution is 2.23. The summed E-state index contributed by atoms with van der Waals surface area (Å²) in [5, 5.41) is 11.8. The third-order valence-electron chi connectivity index (χ3n) is 2.91. The van der Waals surface area contributed by atoms with Gasteiger partial charge in [0.25, 0.3) is 5.91 Å². The van der Waals surface area contributed by atoms with Gasteiger partial charge in [-0.05, 0) is 23.8 Å². The summed E-state index contributed by atoms with van der Waals surface area (Å²) in [7, 11) is 1.58. The van der Waals surface area contributed by atoms with E-state index in [0.29, 0.717) is 0 Å². The number of hydrogen-bond acceptors (Lipinski definition) is 4. The van der Waals surface area contributed by atoms with Gasteiger partial charge in [-0.25, -0.2) is 8.78 Å². The number of hydrogen-bond donors (Lipinski definition) is 3. The fourth-order valence-corrected chi connectivity index (χ4v) is 1.83. The first kappa shape index (κ1) is 13.3. The van der Waals surface area contributed by atoms with Crippen molar-refractivity contribution in [2.24, 2.45) is 5.73 Å². The summed E-state index contributed by atoms with van der Waals surface area (Å²) >= 11 is 0. The maximum absolute atomic E-state index is 13.2. The molecule has 102 valence electrons. The molecule has 1 unspecified atom stereocenters. The number of carbonyl (C=O) groups excluding carboxylic acids is 1. The van der Waals surface area contributed by atoms with Gasteiger partial charge in [-0.15, -0.1) is 0 Å². The molecule has 1 fully saturated rings. The van der Waals surface area contributed by atoms with Crippen LogP contribution in [0.25, 0.3) is 6.08 Å². The molecule has 1 amide bonds. The SMILES string of the molecule is CN1C(=O)/C(=C/c2cc(F)c(O)c(F)c2)NC1CN. The number of benzene rings is 1. The van der Waals surface area contributed by atoms with Crippen LogP contribution < -0.4 is 11.1 Å². The molecule has 0 saturated carbocycles. The second-order valence-electron chi connectivity index (χ2n) is 4.20. The van der Waals surface area contributed by atoms with Crippen LogP contribution in [0.4, 0.5) is 8.78 Å². The average molecular weight is 269 g/mol. The van der Waals surface area contributed by atoms with E-state index in [1.54, 1.807) is 7.05 Å². The standard InChI is InChI=1S/C12H13F2N3O2/c1-17-10(5-15)16-9(12(17)19)4-6-2-7(13)11(18)8(14)3-6/h2-4,10,16,18H,5,15H2,1H3/b9-4-. The van der Waals surface area contributed by atoms with Crippen molar-refractivity contribution in [1.82, 2.24) is 10.2 Å². The molecule has 1 aliphatic rings. The number of nitrogens with zero attached hydrogens (tertiary/aromatic N) is 1. The molecule has 0 aromatic heterocycles. The van der Waals surface area contributed by atoms with Crippen molar-refractivity contribution in [2.45, 2.75) is 6.17 Å². The Morgan fingerprint density at radius 3 is 2.53 bits per heavy atom. The number of carbonyl (C=O) groups is 1. The number of nitrogens with two attached hydrogens (primary N) is 1. The van der Waals surface area contributed by atoms with Crippen LogP contribution in [0.5, 0.6) is 5.75 Å². The molecule has 19 heavy (non-hydrogen) atoms. The fraction of sp³-hybridized carbons (Fsp3) is 0.250. The minimum absolute atomic E-state index is 0.134. The van der Waals surface area contributed by atoms with Crippen molar-refractivity contribution in [2.75, 3.05) is 13.6 Å². The predicted molar refractivity (Wildman–Crippen MR) is 64.7 cm³/mol. The van der Waals surface area contributed by atoms with Gasteiger partial charge in [-0.3, -0.25) is 4.79 Å². The average Bonchev–Trinajstić information content (AvgIpc) is 2.63. The number of rotatable bonds is 2. The molecule has 0 bridgehead atoms. The molecule has 1 aliphatic heterocycles. The van der Waals surface area contributed by atoms with Crippen molar-refractivity contribution < 1.29 is 18.7 Å². The maximum Gasteiger partial charge on any atom is 0.271 e. The Hall–Kier alpha value is -2.15. The summed E-state index contributed by atoms with van der Waals surface area (Å²) < 4.78 is 26.4. The van der Waals surface area contributed by atoms with E-state index < -0.39 is 17.4 Å². The molecule has 5 nitrogen and oxygen atoms in total. The minimum Gasteiger partial charge on any atom is -0.503 e. The van der Waals surface area contributed by atoms with Gasteiger partial charge in [0.1, 0.15) is 11.9 Å². The van der Waals surface area contributed by atoms with Crippen LogP contribution in [-0.2, 0) is 4.79 Å². The largest absolute Gasteiger partial charge is 0.503 e. The van der Waals surface area contributed by atoms with E-state index in [0.717, 1.165) is 12.1 Å². The zero-order chi connectivity index (χ0) is 14.2. The van der Waals surface area contributed by atoms with Gasteiger partial charge in [-0.1, -0.05) is 0 Å². The van der Waals surface area contributed by atoms with Gasteiger partial charge in [0.15, 0.2) is 17.4 Å². The summed E-state index contributed by atoms with van der Waals surface area (Å²) in [6.07, 6.45) is 0.964. The minimum atomic E-state index is -1.08. The monoisotopic (exact) mass is 269 g/mol. The molecule has 0 aliphatic carbocycles. The van der Waals surface area contributed by atoms with Crippen LogP contribution in [0.2, 0.25) is 0 Å². The molecule has 0 spiro atoms. The molecule has 7 heteroatoms. The van der Waals surface area contributed by atoms with E-state index in [4.69, 9.17) is 10.8 Å². The Bertz CT molecular complexity index is 537. The van der Waals surface area contributed by atoms with E-state index in [1.807, 2.05) is 0 Å². The van der Waals surface area contributed by atoms with E-state index in [9.17, 15) is 13.6 Å². The Morgan fingerprint density at radius 1 is 1.47 bits per heavy atom. The summed E-state index contributed by atoms with van der Waals surface area (Å²) in [5.74, 6) is -3.52. The number of amides is 1. The van der Waals surface area contributed by atoms with Gasteiger partial charge >= 0.3 is 0 Å². The van der Waals surface area contributed by atoms with Crippen molar-refractivity contribution in [3.05, 3.63) is 35.0 Å². The van der Waals surface area contributed by atoms with E-state index in [2.05, 4.69) is 5.32 Å². The van der Waals surface area contributed by atoms with Crippen molar-refractivity contribution in [3.8, 4) is 5.75 Å². The van der Waals surface area contributed by atoms with Crippen molar-refractivity contribution in [1.29, 1.82) is 0 Å². The van der Waals surface area contributed by atoms with Gasteiger partial charge in [0.05, 0.1) is 0 Å². The smallest absolute Gasteiger partial charge is 0.271 e. The molecule has 4 N–H and O–H groups in total. The van der Waals surface area contributed by atoms with Gasteiger partial charge in [0.2, 0.25) is 0 Å². The summed E-state index contributed by atoms with van der Waals surface area (Å²) in [5.41, 5.74) is 5.80. The van der Waals surface area contributed by atoms with Crippen LogP contribution in [0.3, 0.4) is 0 Å². The zero-order valence-corrected chi connectivity index (χ0v) is 10.2. The maximum atomic E-state index is 13.2. The molecule has 1 atom stereocenters. The quantitative estimate of drug-likeness (QED) is 0.677. The number of phenols is 1. The van der Waals surface area contributed by atoms with Gasteiger partial charge < -0.3 is 21.1 Å². The summed E-state index contributed by atoms with van der Waals surface area (Å²) in [6.45, 7) is 0.220. The van der Waals surface area contributed by atoms with Crippen LogP contribution in [0.15, 0.2) is 17.8 Å². The van der Waals surface area contributed by atoms with Crippen LogP contribution in [0.1, 0.15) is 5.56 Å². The van der Waals surface area contributed by atoms with E-state index >= 15 is 0 Å². The number of aromatic hydroxyl groups is 1. The summed E-state index contributed by atoms with van der Waals surface area (Å²) in [4.78, 5) is 13.2. The van der Waals surface area contributed by atoms with Crippen molar-refractivity contribution in [3.63, 3.8) is 0 Å². The third-order valence-corrected chi connectivity index (χ3v) is 2.91. The highest BCUT2D eigenvalue weighted by molar-refractivity contribution is 5.99. The lowest BCUT2D eigenvalue weighted by Crippen LogP contribution is -2.40. The second-order valence-corrected chi connectivity index (χ2v) is 4.20. The van der Waals surface area contributed by atoms with Crippen molar-refractivity contribution >= 4 is 12.0 Å². The van der Waals surface area contributed by atoms with E-state index in [-0.39, 0.29) is 29.9 Å². The number of phenolic OH excluding ortho intramolecular Hbond substituents is 1. The van der Waals surface area contributed by atoms with E-state index in [1.165, 1.54) is 11.0 Å². The first-order valence-corrected chi connectivity index (χ1v) is 5.57. The van der Waals surface area contributed by atoms with Gasteiger partial charge in [0, 0.05) is 13.6 Å². The molecule has 2 rings (SSSR count). The summed E-state index contributed by atoms with van der Waals surface area (Å²) in [6, 6.07) is 1.88. The third kappa shape index (κ3) is 2.37. The fourth-order valence-electron chi connectivity index (χ4n) is 1.83. The number of likely N-dealkylation sites (N-methyl/N-ethyl adjacent to an activating group) is 1. The molecular formula is C12H13F2N3O2. The lowest BCUT2D eigenvalue weighted by Gasteiger charge is -2.15. The molecule has 0 radical (unpaired) electrons. The Morgan fingerprint density at radius 2 is 2.05 bits per heavy atom. The van der Waals surface area contributed by atoms with Crippen LogP contribution >= 0.6 is 0 Å². The highest BCUT2D eigenvalue weighted by Gasteiger charge is 2.30. The normalized spacial score (nSPS) is 21.1. The lowest BCUT2D eigenvalue weighted by atomic mass is 10.1. The Balaban J connectivity index is 2.35. The first-order valence-electron chi connectivity index (χ1n) is 5.57. The predicted octanol–water partition coefficient (Wildman–Crippen LogP) is 0.358. The van der Waals surface area contributed by atoms with Gasteiger partial charge in [-0.2, -0.15) is 0 Å². The topological polar surface area (TPSA) is 78.6 Å². The Kier molecular flexibility index (Phi) is 3.39. The second kappa shape index (κ2) is 4.85.